The van der Waals surface area contributed by atoms with E-state index in [0.29, 0.717) is 15.9 Å². The molecule has 0 spiro atoms. The van der Waals surface area contributed by atoms with E-state index in [2.05, 4.69) is 10.3 Å². The van der Waals surface area contributed by atoms with E-state index in [-0.39, 0.29) is 18.2 Å². The highest BCUT2D eigenvalue weighted by Crippen LogP contribution is 2.31. The number of amidine groups is 1. The number of halogens is 1. The standard InChI is InChI=1S/C20H20ClN3O2S/c1-12-5-4-6-15(9-12)22-20-24(3)19(26)17(27-20)11-18(25)23-16-10-14(21)8-7-13(16)2/h4-10,17H,11H2,1-3H3,(H,23,25)/t17-/m1/s1. The van der Waals surface area contributed by atoms with E-state index >= 15 is 0 Å². The number of hydrogen-bond acceptors (Lipinski definition) is 4. The van der Waals surface area contributed by atoms with Crippen molar-refractivity contribution in [2.24, 2.45) is 4.99 Å². The van der Waals surface area contributed by atoms with Gasteiger partial charge in [-0.15, -0.1) is 0 Å². The van der Waals surface area contributed by atoms with Crippen LogP contribution in [0.4, 0.5) is 11.4 Å². The number of aliphatic imine (C=N–C) groups is 1. The van der Waals surface area contributed by atoms with Crippen molar-refractivity contribution in [2.75, 3.05) is 12.4 Å². The fraction of sp³-hybridized carbons (Fsp3) is 0.250. The van der Waals surface area contributed by atoms with Gasteiger partial charge in [0.05, 0.1) is 5.69 Å². The summed E-state index contributed by atoms with van der Waals surface area (Å²) < 4.78 is 0. The highest BCUT2D eigenvalue weighted by molar-refractivity contribution is 8.15. The molecule has 27 heavy (non-hydrogen) atoms. The van der Waals surface area contributed by atoms with Crippen LogP contribution in [0.2, 0.25) is 5.02 Å². The van der Waals surface area contributed by atoms with Gasteiger partial charge >= 0.3 is 0 Å². The van der Waals surface area contributed by atoms with Gasteiger partial charge in [-0.25, -0.2) is 4.99 Å². The highest BCUT2D eigenvalue weighted by atomic mass is 35.5. The molecule has 2 aromatic carbocycles. The molecular weight excluding hydrogens is 382 g/mol. The van der Waals surface area contributed by atoms with Gasteiger partial charge in [-0.1, -0.05) is 41.6 Å². The number of thioether (sulfide) groups is 1. The van der Waals surface area contributed by atoms with E-state index in [4.69, 9.17) is 11.6 Å². The maximum Gasteiger partial charge on any atom is 0.242 e. The summed E-state index contributed by atoms with van der Waals surface area (Å²) in [4.78, 5) is 31.0. The summed E-state index contributed by atoms with van der Waals surface area (Å²) in [5, 5.41) is 3.50. The Kier molecular flexibility index (Phi) is 5.87. The summed E-state index contributed by atoms with van der Waals surface area (Å²) in [7, 11) is 1.68. The zero-order chi connectivity index (χ0) is 19.6. The number of nitrogens with one attached hydrogen (secondary N) is 1. The molecule has 1 fully saturated rings. The van der Waals surface area contributed by atoms with Crippen molar-refractivity contribution in [2.45, 2.75) is 25.5 Å². The van der Waals surface area contributed by atoms with Gasteiger partial charge in [-0.05, 0) is 49.2 Å². The Morgan fingerprint density at radius 3 is 2.78 bits per heavy atom. The molecule has 0 unspecified atom stereocenters. The summed E-state index contributed by atoms with van der Waals surface area (Å²) >= 11 is 7.30. The molecular formula is C20H20ClN3O2S. The number of carbonyl (C=O) groups excluding carboxylic acids is 2. The minimum atomic E-state index is -0.488. The average molecular weight is 402 g/mol. The monoisotopic (exact) mass is 401 g/mol. The Morgan fingerprint density at radius 2 is 2.04 bits per heavy atom. The second-order valence-electron chi connectivity index (χ2n) is 6.45. The van der Waals surface area contributed by atoms with Crippen LogP contribution in [0.5, 0.6) is 0 Å². The number of benzene rings is 2. The van der Waals surface area contributed by atoms with Crippen LogP contribution in [0.1, 0.15) is 17.5 Å². The second-order valence-corrected chi connectivity index (χ2v) is 8.05. The number of nitrogens with zero attached hydrogens (tertiary/aromatic N) is 2. The van der Waals surface area contributed by atoms with E-state index in [1.54, 1.807) is 19.2 Å². The number of amides is 2. The lowest BCUT2D eigenvalue weighted by Crippen LogP contribution is -2.30. The van der Waals surface area contributed by atoms with Crippen LogP contribution in [-0.4, -0.2) is 34.2 Å². The van der Waals surface area contributed by atoms with Crippen molar-refractivity contribution in [3.63, 3.8) is 0 Å². The topological polar surface area (TPSA) is 61.8 Å². The van der Waals surface area contributed by atoms with E-state index in [1.165, 1.54) is 16.7 Å². The number of carbonyl (C=O) groups is 2. The van der Waals surface area contributed by atoms with Crippen LogP contribution in [0.15, 0.2) is 47.5 Å². The van der Waals surface area contributed by atoms with Crippen LogP contribution in [-0.2, 0) is 9.59 Å². The molecule has 0 aliphatic carbocycles. The summed E-state index contributed by atoms with van der Waals surface area (Å²) in [6, 6.07) is 13.1. The normalized spacial score (nSPS) is 18.2. The lowest BCUT2D eigenvalue weighted by molar-refractivity contribution is -0.127. The number of rotatable bonds is 4. The van der Waals surface area contributed by atoms with Crippen molar-refractivity contribution in [3.8, 4) is 0 Å². The summed E-state index contributed by atoms with van der Waals surface area (Å²) in [6.45, 7) is 3.88. The molecule has 1 atom stereocenters. The van der Waals surface area contributed by atoms with Gasteiger partial charge in [0.2, 0.25) is 11.8 Å². The summed E-state index contributed by atoms with van der Waals surface area (Å²) in [6.07, 6.45) is 0.0760. The first kappa shape index (κ1) is 19.5. The van der Waals surface area contributed by atoms with Crippen molar-refractivity contribution < 1.29 is 9.59 Å². The molecule has 5 nitrogen and oxygen atoms in total. The SMILES string of the molecule is Cc1cccc(N=C2S[C@H](CC(=O)Nc3cc(Cl)ccc3C)C(=O)N2C)c1. The van der Waals surface area contributed by atoms with Gasteiger partial charge in [0.25, 0.3) is 0 Å². The predicted molar refractivity (Wildman–Crippen MR) is 112 cm³/mol. The maximum atomic E-state index is 12.5. The van der Waals surface area contributed by atoms with Gasteiger partial charge in [0.1, 0.15) is 5.25 Å². The first-order valence-electron chi connectivity index (χ1n) is 8.49. The average Bonchev–Trinajstić information content (AvgIpc) is 2.86. The Bertz CT molecular complexity index is 929. The molecule has 7 heteroatoms. The van der Waals surface area contributed by atoms with Gasteiger partial charge in [-0.3, -0.25) is 14.5 Å². The third-order valence-corrected chi connectivity index (χ3v) is 5.68. The minimum Gasteiger partial charge on any atom is -0.326 e. The fourth-order valence-corrected chi connectivity index (χ4v) is 4.03. The van der Waals surface area contributed by atoms with Gasteiger partial charge in [-0.2, -0.15) is 0 Å². The van der Waals surface area contributed by atoms with Crippen LogP contribution in [0, 0.1) is 13.8 Å². The number of anilines is 1. The Labute approximate surface area is 167 Å². The predicted octanol–water partition coefficient (Wildman–Crippen LogP) is 4.55. The first-order valence-corrected chi connectivity index (χ1v) is 9.75. The zero-order valence-corrected chi connectivity index (χ0v) is 16.9. The van der Waals surface area contributed by atoms with Gasteiger partial charge in [0, 0.05) is 24.2 Å². The van der Waals surface area contributed by atoms with Crippen molar-refractivity contribution in [1.82, 2.24) is 4.90 Å². The molecule has 2 aromatic rings. The zero-order valence-electron chi connectivity index (χ0n) is 15.3. The molecule has 1 saturated heterocycles. The van der Waals surface area contributed by atoms with Crippen molar-refractivity contribution in [3.05, 3.63) is 58.6 Å². The molecule has 0 saturated carbocycles. The van der Waals surface area contributed by atoms with Crippen LogP contribution in [0.3, 0.4) is 0 Å². The molecule has 2 amide bonds. The lowest BCUT2D eigenvalue weighted by Gasteiger charge is -2.11. The van der Waals surface area contributed by atoms with Crippen LogP contribution < -0.4 is 5.32 Å². The Morgan fingerprint density at radius 1 is 1.26 bits per heavy atom. The number of hydrogen-bond donors (Lipinski definition) is 1. The Balaban J connectivity index is 1.69. The van der Waals surface area contributed by atoms with Gasteiger partial charge in [0.15, 0.2) is 5.17 Å². The molecule has 0 radical (unpaired) electrons. The van der Waals surface area contributed by atoms with Gasteiger partial charge < -0.3 is 5.32 Å². The smallest absolute Gasteiger partial charge is 0.242 e. The molecule has 0 bridgehead atoms. The lowest BCUT2D eigenvalue weighted by atomic mass is 10.2. The number of aryl methyl sites for hydroxylation is 2. The molecule has 1 N–H and O–H groups in total. The molecule has 1 aliphatic heterocycles. The van der Waals surface area contributed by atoms with E-state index < -0.39 is 5.25 Å². The summed E-state index contributed by atoms with van der Waals surface area (Å²) in [5.74, 6) is -0.346. The van der Waals surface area contributed by atoms with E-state index in [0.717, 1.165) is 16.8 Å². The fourth-order valence-electron chi connectivity index (χ4n) is 2.70. The quantitative estimate of drug-likeness (QED) is 0.817. The maximum absolute atomic E-state index is 12.5. The largest absolute Gasteiger partial charge is 0.326 e. The van der Waals surface area contributed by atoms with Crippen LogP contribution in [0.25, 0.3) is 0 Å². The Hall–Kier alpha value is -2.31. The molecule has 1 aliphatic rings. The minimum absolute atomic E-state index is 0.0760. The molecule has 3 rings (SSSR count). The first-order chi connectivity index (χ1) is 12.8. The third-order valence-electron chi connectivity index (χ3n) is 4.21. The molecule has 1 heterocycles. The molecule has 0 aromatic heterocycles. The highest BCUT2D eigenvalue weighted by Gasteiger charge is 2.37. The van der Waals surface area contributed by atoms with Crippen LogP contribution >= 0.6 is 23.4 Å². The third kappa shape index (κ3) is 4.70. The molecule has 140 valence electrons. The van der Waals surface area contributed by atoms with Crippen molar-refractivity contribution in [1.29, 1.82) is 0 Å². The second kappa shape index (κ2) is 8.15. The van der Waals surface area contributed by atoms with Crippen molar-refractivity contribution >= 4 is 51.7 Å². The van der Waals surface area contributed by atoms with E-state index in [9.17, 15) is 9.59 Å². The summed E-state index contributed by atoms with van der Waals surface area (Å²) in [5.41, 5.74) is 3.46. The van der Waals surface area contributed by atoms with E-state index in [1.807, 2.05) is 44.2 Å².